The van der Waals surface area contributed by atoms with Crippen LogP contribution in [0, 0.1) is 13.8 Å². The summed E-state index contributed by atoms with van der Waals surface area (Å²) in [5, 5.41) is 0. The van der Waals surface area contributed by atoms with Crippen molar-refractivity contribution in [3.05, 3.63) is 52.3 Å². The molecule has 0 spiro atoms. The van der Waals surface area contributed by atoms with E-state index in [4.69, 9.17) is 10.7 Å². The van der Waals surface area contributed by atoms with Crippen LogP contribution in [0.4, 0.5) is 5.69 Å². The predicted octanol–water partition coefficient (Wildman–Crippen LogP) is 3.96. The molecule has 0 bridgehead atoms. The average molecular weight is 316 g/mol. The van der Waals surface area contributed by atoms with E-state index in [1.807, 2.05) is 31.3 Å². The van der Waals surface area contributed by atoms with Crippen molar-refractivity contribution in [1.82, 2.24) is 9.38 Å². The number of fused-ring (bicyclic) bond motifs is 1. The summed E-state index contributed by atoms with van der Waals surface area (Å²) >= 11 is 3.50. The normalized spacial score (nSPS) is 11.1. The zero-order valence-electron chi connectivity index (χ0n) is 10.8. The van der Waals surface area contributed by atoms with Crippen LogP contribution in [-0.2, 0) is 0 Å². The second-order valence-corrected chi connectivity index (χ2v) is 5.62. The first-order valence-electron chi connectivity index (χ1n) is 6.07. The zero-order chi connectivity index (χ0) is 13.6. The van der Waals surface area contributed by atoms with Crippen molar-refractivity contribution in [3.8, 4) is 11.3 Å². The molecule has 0 unspecified atom stereocenters. The number of nitrogens with zero attached hydrogens (tertiary/aromatic N) is 2. The van der Waals surface area contributed by atoms with E-state index in [0.717, 1.165) is 38.3 Å². The highest BCUT2D eigenvalue weighted by Gasteiger charge is 2.12. The van der Waals surface area contributed by atoms with Crippen molar-refractivity contribution < 1.29 is 0 Å². The van der Waals surface area contributed by atoms with Crippen LogP contribution in [0.25, 0.3) is 16.9 Å². The van der Waals surface area contributed by atoms with Crippen LogP contribution >= 0.6 is 15.9 Å². The molecule has 0 radical (unpaired) electrons. The maximum Gasteiger partial charge on any atom is 0.140 e. The minimum atomic E-state index is 0.756. The molecule has 0 saturated heterocycles. The van der Waals surface area contributed by atoms with E-state index in [1.54, 1.807) is 0 Å². The lowest BCUT2D eigenvalue weighted by Crippen LogP contribution is -1.94. The largest absolute Gasteiger partial charge is 0.398 e. The molecular weight excluding hydrogens is 302 g/mol. The second-order valence-electron chi connectivity index (χ2n) is 4.71. The summed E-state index contributed by atoms with van der Waals surface area (Å²) in [5.74, 6) is 0. The van der Waals surface area contributed by atoms with Crippen molar-refractivity contribution in [3.63, 3.8) is 0 Å². The lowest BCUT2D eigenvalue weighted by Gasteiger charge is -2.02. The van der Waals surface area contributed by atoms with Gasteiger partial charge in [-0.25, -0.2) is 4.98 Å². The van der Waals surface area contributed by atoms with Crippen LogP contribution in [0.5, 0.6) is 0 Å². The Labute approximate surface area is 120 Å². The first kappa shape index (κ1) is 12.2. The molecule has 0 aliphatic heterocycles. The highest BCUT2D eigenvalue weighted by atomic mass is 79.9. The van der Waals surface area contributed by atoms with Crippen LogP contribution in [0.1, 0.15) is 11.3 Å². The highest BCUT2D eigenvalue weighted by Crippen LogP contribution is 2.27. The molecule has 0 atom stereocenters. The lowest BCUT2D eigenvalue weighted by molar-refractivity contribution is 1.10. The zero-order valence-corrected chi connectivity index (χ0v) is 12.4. The molecule has 3 aromatic rings. The van der Waals surface area contributed by atoms with Gasteiger partial charge in [0, 0.05) is 27.6 Å². The highest BCUT2D eigenvalue weighted by molar-refractivity contribution is 9.10. The van der Waals surface area contributed by atoms with Gasteiger partial charge in [-0.1, -0.05) is 28.1 Å². The molecule has 4 heteroatoms. The molecule has 2 N–H and O–H groups in total. The Morgan fingerprint density at radius 2 is 2.00 bits per heavy atom. The number of rotatable bonds is 1. The smallest absolute Gasteiger partial charge is 0.140 e. The third-order valence-electron chi connectivity index (χ3n) is 3.26. The molecule has 0 saturated carbocycles. The lowest BCUT2D eigenvalue weighted by atomic mass is 10.1. The summed E-state index contributed by atoms with van der Waals surface area (Å²) in [6.07, 6.45) is 1.92. The van der Waals surface area contributed by atoms with Crippen molar-refractivity contribution in [1.29, 1.82) is 0 Å². The molecule has 2 heterocycles. The van der Waals surface area contributed by atoms with Crippen molar-refractivity contribution in [2.75, 3.05) is 5.73 Å². The van der Waals surface area contributed by atoms with Crippen LogP contribution in [-0.4, -0.2) is 9.38 Å². The first-order chi connectivity index (χ1) is 9.06. The number of hydrogen-bond donors (Lipinski definition) is 1. The maximum absolute atomic E-state index is 5.91. The number of hydrogen-bond acceptors (Lipinski definition) is 2. The van der Waals surface area contributed by atoms with E-state index in [9.17, 15) is 0 Å². The molecule has 0 fully saturated rings. The molecule has 0 aliphatic carbocycles. The maximum atomic E-state index is 5.91. The summed E-state index contributed by atoms with van der Waals surface area (Å²) in [5.41, 5.74) is 11.9. The van der Waals surface area contributed by atoms with Gasteiger partial charge in [0.25, 0.3) is 0 Å². The molecule has 96 valence electrons. The minimum Gasteiger partial charge on any atom is -0.398 e. The summed E-state index contributed by atoms with van der Waals surface area (Å²) < 4.78 is 3.11. The number of imidazole rings is 1. The predicted molar refractivity (Wildman–Crippen MR) is 82.2 cm³/mol. The van der Waals surface area contributed by atoms with E-state index in [1.165, 1.54) is 0 Å². The van der Waals surface area contributed by atoms with Crippen molar-refractivity contribution in [2.24, 2.45) is 0 Å². The summed E-state index contributed by atoms with van der Waals surface area (Å²) in [6.45, 7) is 4.10. The van der Waals surface area contributed by atoms with E-state index < -0.39 is 0 Å². The van der Waals surface area contributed by atoms with E-state index >= 15 is 0 Å². The van der Waals surface area contributed by atoms with Gasteiger partial charge in [-0.05, 0) is 37.6 Å². The fourth-order valence-corrected chi connectivity index (χ4v) is 2.76. The number of nitrogen functional groups attached to an aromatic ring is 1. The van der Waals surface area contributed by atoms with Gasteiger partial charge in [0.05, 0.1) is 5.69 Å². The van der Waals surface area contributed by atoms with Crippen molar-refractivity contribution >= 4 is 27.3 Å². The number of pyridine rings is 1. The van der Waals surface area contributed by atoms with Gasteiger partial charge in [0.2, 0.25) is 0 Å². The molecule has 0 amide bonds. The summed E-state index contributed by atoms with van der Waals surface area (Å²) in [7, 11) is 0. The Kier molecular flexibility index (Phi) is 2.82. The number of halogens is 1. The van der Waals surface area contributed by atoms with Gasteiger partial charge in [-0.3, -0.25) is 0 Å². The van der Waals surface area contributed by atoms with Crippen LogP contribution < -0.4 is 5.73 Å². The Morgan fingerprint density at radius 1 is 1.21 bits per heavy atom. The Bertz CT molecular complexity index is 774. The van der Waals surface area contributed by atoms with Gasteiger partial charge in [-0.2, -0.15) is 0 Å². The number of anilines is 1. The van der Waals surface area contributed by atoms with Gasteiger partial charge >= 0.3 is 0 Å². The average Bonchev–Trinajstić information content (AvgIpc) is 2.68. The third-order valence-corrected chi connectivity index (χ3v) is 3.76. The SMILES string of the molecule is Cc1cc(N)cn2c(C)c(-c3cccc(Br)c3)nc12. The topological polar surface area (TPSA) is 43.3 Å². The molecule has 3 rings (SSSR count). The Hall–Kier alpha value is -1.81. The molecule has 3 nitrogen and oxygen atoms in total. The van der Waals surface area contributed by atoms with Crippen molar-refractivity contribution in [2.45, 2.75) is 13.8 Å². The fourth-order valence-electron chi connectivity index (χ4n) is 2.36. The fraction of sp³-hybridized carbons (Fsp3) is 0.133. The monoisotopic (exact) mass is 315 g/mol. The molecular formula is C15H14BrN3. The number of aromatic nitrogens is 2. The van der Waals surface area contributed by atoms with Gasteiger partial charge < -0.3 is 10.1 Å². The Morgan fingerprint density at radius 3 is 2.74 bits per heavy atom. The van der Waals surface area contributed by atoms with Crippen LogP contribution in [0.15, 0.2) is 41.0 Å². The van der Waals surface area contributed by atoms with E-state index in [2.05, 4.69) is 39.4 Å². The third kappa shape index (κ3) is 2.02. The number of benzene rings is 1. The van der Waals surface area contributed by atoms with Crippen LogP contribution in [0.2, 0.25) is 0 Å². The van der Waals surface area contributed by atoms with E-state index in [-0.39, 0.29) is 0 Å². The molecule has 0 aliphatic rings. The van der Waals surface area contributed by atoms with Gasteiger partial charge in [0.15, 0.2) is 0 Å². The van der Waals surface area contributed by atoms with Gasteiger partial charge in [-0.15, -0.1) is 0 Å². The number of aryl methyl sites for hydroxylation is 2. The molecule has 19 heavy (non-hydrogen) atoms. The van der Waals surface area contributed by atoms with E-state index in [0.29, 0.717) is 0 Å². The molecule has 2 aromatic heterocycles. The minimum absolute atomic E-state index is 0.756. The van der Waals surface area contributed by atoms with Gasteiger partial charge in [0.1, 0.15) is 5.65 Å². The summed E-state index contributed by atoms with van der Waals surface area (Å²) in [4.78, 5) is 4.75. The first-order valence-corrected chi connectivity index (χ1v) is 6.86. The molecule has 1 aromatic carbocycles. The quantitative estimate of drug-likeness (QED) is 0.738. The Balaban J connectivity index is 2.31. The number of nitrogens with two attached hydrogens (primary N) is 1. The van der Waals surface area contributed by atoms with Crippen LogP contribution in [0.3, 0.4) is 0 Å². The second kappa shape index (κ2) is 4.38. The standard InChI is InChI=1S/C15H14BrN3/c1-9-6-13(17)8-19-10(2)14(18-15(9)19)11-4-3-5-12(16)7-11/h3-8H,17H2,1-2H3. The summed E-state index contributed by atoms with van der Waals surface area (Å²) in [6, 6.07) is 10.1.